The zero-order chi connectivity index (χ0) is 33.2. The number of likely N-dealkylation sites (tertiary alicyclic amines) is 1. The van der Waals surface area contributed by atoms with Crippen LogP contribution < -0.4 is 25.0 Å². The average molecular weight is 651 g/mol. The predicted octanol–water partition coefficient (Wildman–Crippen LogP) is 7.08. The highest BCUT2D eigenvalue weighted by Gasteiger charge is 2.20. The van der Waals surface area contributed by atoms with Crippen molar-refractivity contribution in [1.29, 1.82) is 0 Å². The molecule has 0 spiro atoms. The van der Waals surface area contributed by atoms with E-state index in [9.17, 15) is 9.18 Å². The van der Waals surface area contributed by atoms with Gasteiger partial charge in [-0.15, -0.1) is 0 Å². The Labute approximate surface area is 274 Å². The van der Waals surface area contributed by atoms with E-state index < -0.39 is 11.6 Å². The summed E-state index contributed by atoms with van der Waals surface area (Å²) >= 11 is 0. The monoisotopic (exact) mass is 650 g/mol. The number of halogens is 2. The highest BCUT2D eigenvalue weighted by molar-refractivity contribution is 5.93. The second-order valence-corrected chi connectivity index (χ2v) is 11.7. The van der Waals surface area contributed by atoms with Crippen LogP contribution in [0.2, 0.25) is 0 Å². The first-order valence-electron chi connectivity index (χ1n) is 15.5. The van der Waals surface area contributed by atoms with Crippen LogP contribution in [0.25, 0.3) is 32.9 Å². The Morgan fingerprint density at radius 2 is 1.77 bits per heavy atom. The normalized spacial score (nSPS) is 13.9. The molecule has 244 valence electrons. The molecule has 4 heterocycles. The lowest BCUT2D eigenvalue weighted by molar-refractivity contribution is 0.157. The molecular weight excluding hydrogens is 618 g/mol. The molecule has 0 unspecified atom stereocenters. The van der Waals surface area contributed by atoms with Gasteiger partial charge in [-0.25, -0.2) is 23.7 Å². The van der Waals surface area contributed by atoms with Gasteiger partial charge in [0.25, 0.3) is 0 Å². The molecule has 12 heteroatoms. The molecule has 1 fully saturated rings. The molecule has 0 saturated carbocycles. The molecule has 0 aliphatic carbocycles. The lowest BCUT2D eigenvalue weighted by atomic mass is 9.98. The van der Waals surface area contributed by atoms with Crippen molar-refractivity contribution in [1.82, 2.24) is 24.8 Å². The fourth-order valence-corrected chi connectivity index (χ4v) is 5.83. The highest BCUT2D eigenvalue weighted by Crippen LogP contribution is 2.37. The molecule has 1 aliphatic heterocycles. The Morgan fingerprint density at radius 3 is 2.54 bits per heavy atom. The standard InChI is InChI=1S/C36H32F2N6O4/c1-44-13-10-21(11-14-44)19-47-32-17-29-25(16-31(32)46-2)36(42-20-41-29)48-30-8-7-24(15-27(30)38)43-35-33-28(9-12-39-35)40-18-26(34(33)45)22-3-5-23(37)6-4-22/h3-9,12,15-18,20-21H,10-11,13-14,19H2,1-2H3,(H,39,43)(H,40,45). The zero-order valence-electron chi connectivity index (χ0n) is 26.3. The van der Waals surface area contributed by atoms with Gasteiger partial charge in [0.15, 0.2) is 23.1 Å². The predicted molar refractivity (Wildman–Crippen MR) is 179 cm³/mol. The second kappa shape index (κ2) is 13.2. The summed E-state index contributed by atoms with van der Waals surface area (Å²) in [4.78, 5) is 31.9. The summed E-state index contributed by atoms with van der Waals surface area (Å²) in [6, 6.07) is 15.1. The van der Waals surface area contributed by atoms with Gasteiger partial charge < -0.3 is 29.4 Å². The number of piperidine rings is 1. The van der Waals surface area contributed by atoms with Crippen molar-refractivity contribution in [3.63, 3.8) is 0 Å². The van der Waals surface area contributed by atoms with Crippen LogP contribution in [0.3, 0.4) is 0 Å². The summed E-state index contributed by atoms with van der Waals surface area (Å²) in [5.74, 6) is 0.768. The van der Waals surface area contributed by atoms with E-state index in [2.05, 4.69) is 37.2 Å². The number of anilines is 2. The quantitative estimate of drug-likeness (QED) is 0.170. The number of rotatable bonds is 9. The summed E-state index contributed by atoms with van der Waals surface area (Å²) in [5.41, 5.74) is 2.02. The summed E-state index contributed by atoms with van der Waals surface area (Å²) in [7, 11) is 3.68. The van der Waals surface area contributed by atoms with Crippen LogP contribution in [0.1, 0.15) is 12.8 Å². The Morgan fingerprint density at radius 1 is 0.958 bits per heavy atom. The van der Waals surface area contributed by atoms with Crippen LogP contribution in [0.15, 0.2) is 84.2 Å². The Bertz CT molecular complexity index is 2170. The summed E-state index contributed by atoms with van der Waals surface area (Å²) in [5, 5.41) is 3.85. The fraction of sp³-hybridized carbons (Fsp3) is 0.222. The molecular formula is C36H32F2N6O4. The first-order valence-corrected chi connectivity index (χ1v) is 15.5. The van der Waals surface area contributed by atoms with Crippen molar-refractivity contribution >= 4 is 33.3 Å². The lowest BCUT2D eigenvalue weighted by Crippen LogP contribution is -2.32. The number of aromatic nitrogens is 4. The molecule has 0 atom stereocenters. The van der Waals surface area contributed by atoms with E-state index >= 15 is 4.39 Å². The number of methoxy groups -OCH3 is 1. The molecule has 2 N–H and O–H groups in total. The highest BCUT2D eigenvalue weighted by atomic mass is 19.1. The van der Waals surface area contributed by atoms with Crippen LogP contribution in [0.4, 0.5) is 20.3 Å². The smallest absolute Gasteiger partial charge is 0.230 e. The van der Waals surface area contributed by atoms with Gasteiger partial charge in [0.05, 0.1) is 35.5 Å². The third-order valence-electron chi connectivity index (χ3n) is 8.55. The molecule has 3 aromatic carbocycles. The first kappa shape index (κ1) is 31.0. The summed E-state index contributed by atoms with van der Waals surface area (Å²) in [6.45, 7) is 2.67. The number of hydrogen-bond donors (Lipinski definition) is 2. The maximum Gasteiger partial charge on any atom is 0.230 e. The van der Waals surface area contributed by atoms with Crippen molar-refractivity contribution in [3.8, 4) is 34.3 Å². The number of ether oxygens (including phenoxy) is 3. The van der Waals surface area contributed by atoms with E-state index in [0.717, 1.165) is 25.9 Å². The first-order chi connectivity index (χ1) is 23.4. The molecule has 10 nitrogen and oxygen atoms in total. The fourth-order valence-electron chi connectivity index (χ4n) is 5.83. The maximum absolute atomic E-state index is 15.5. The Hall–Kier alpha value is -5.62. The largest absolute Gasteiger partial charge is 0.493 e. The van der Waals surface area contributed by atoms with E-state index in [-0.39, 0.29) is 28.3 Å². The van der Waals surface area contributed by atoms with E-state index in [0.29, 0.717) is 57.3 Å². The van der Waals surface area contributed by atoms with E-state index in [1.807, 2.05) is 0 Å². The molecule has 6 aromatic rings. The maximum atomic E-state index is 15.5. The molecule has 0 amide bonds. The number of pyridine rings is 2. The van der Waals surface area contributed by atoms with E-state index in [4.69, 9.17) is 14.2 Å². The molecule has 1 aliphatic rings. The Balaban J connectivity index is 1.12. The van der Waals surface area contributed by atoms with Gasteiger partial charge in [0.2, 0.25) is 11.3 Å². The van der Waals surface area contributed by atoms with Crippen molar-refractivity contribution in [2.45, 2.75) is 12.8 Å². The molecule has 0 bridgehead atoms. The third kappa shape index (κ3) is 6.34. The van der Waals surface area contributed by atoms with E-state index in [1.54, 1.807) is 37.6 Å². The Kier molecular flexibility index (Phi) is 8.55. The second-order valence-electron chi connectivity index (χ2n) is 11.7. The van der Waals surface area contributed by atoms with Gasteiger partial charge in [-0.05, 0) is 80.9 Å². The van der Waals surface area contributed by atoms with Crippen molar-refractivity contribution in [3.05, 3.63) is 101 Å². The van der Waals surface area contributed by atoms with Gasteiger partial charge in [0, 0.05) is 35.8 Å². The summed E-state index contributed by atoms with van der Waals surface area (Å²) < 4.78 is 46.7. The minimum absolute atomic E-state index is 0.0653. The van der Waals surface area contributed by atoms with Gasteiger partial charge in [0.1, 0.15) is 18.0 Å². The lowest BCUT2D eigenvalue weighted by Gasteiger charge is -2.28. The van der Waals surface area contributed by atoms with Crippen LogP contribution in [-0.4, -0.2) is 58.7 Å². The molecule has 3 aromatic heterocycles. The minimum Gasteiger partial charge on any atom is -0.493 e. The molecule has 7 rings (SSSR count). The van der Waals surface area contributed by atoms with Crippen molar-refractivity contribution in [2.24, 2.45) is 5.92 Å². The summed E-state index contributed by atoms with van der Waals surface area (Å²) in [6.07, 6.45) is 6.60. The molecule has 0 radical (unpaired) electrons. The number of aromatic amines is 1. The third-order valence-corrected chi connectivity index (χ3v) is 8.55. The molecule has 48 heavy (non-hydrogen) atoms. The van der Waals surface area contributed by atoms with Crippen LogP contribution in [-0.2, 0) is 0 Å². The SMILES string of the molecule is COc1cc2c(Oc3ccc(Nc4nccc5[nH]cc(-c6ccc(F)cc6)c(=O)c45)cc3F)ncnc2cc1OCC1CCN(C)CC1. The number of benzene rings is 3. The van der Waals surface area contributed by atoms with Gasteiger partial charge >= 0.3 is 0 Å². The number of nitrogens with zero attached hydrogens (tertiary/aromatic N) is 4. The number of fused-ring (bicyclic) bond motifs is 2. The minimum atomic E-state index is -0.669. The van der Waals surface area contributed by atoms with Crippen LogP contribution >= 0.6 is 0 Å². The van der Waals surface area contributed by atoms with Crippen LogP contribution in [0.5, 0.6) is 23.1 Å². The van der Waals surface area contributed by atoms with Gasteiger partial charge in [-0.2, -0.15) is 0 Å². The number of H-pyrrole nitrogens is 1. The van der Waals surface area contributed by atoms with Gasteiger partial charge in [-0.3, -0.25) is 4.79 Å². The zero-order valence-corrected chi connectivity index (χ0v) is 26.3. The number of hydrogen-bond acceptors (Lipinski definition) is 9. The average Bonchev–Trinajstić information content (AvgIpc) is 3.09. The van der Waals surface area contributed by atoms with E-state index in [1.165, 1.54) is 48.9 Å². The van der Waals surface area contributed by atoms with Crippen molar-refractivity contribution < 1.29 is 23.0 Å². The topological polar surface area (TPSA) is 114 Å². The van der Waals surface area contributed by atoms with Crippen molar-refractivity contribution in [2.75, 3.05) is 39.2 Å². The molecule has 1 saturated heterocycles. The van der Waals surface area contributed by atoms with Gasteiger partial charge in [-0.1, -0.05) is 12.1 Å². The number of nitrogens with one attached hydrogen (secondary N) is 2. The van der Waals surface area contributed by atoms with Crippen LogP contribution in [0, 0.1) is 17.6 Å².